The molecule has 1 aromatic rings. The van der Waals surface area contributed by atoms with Crippen molar-refractivity contribution in [2.45, 2.75) is 24.9 Å². The van der Waals surface area contributed by atoms with Crippen molar-refractivity contribution >= 4 is 11.8 Å². The van der Waals surface area contributed by atoms with Gasteiger partial charge in [-0.2, -0.15) is 0 Å². The SMILES string of the molecule is C#CCNC(=O)C1CCCN1C(C(=O)NC)c1ccc(OC)cc1. The molecule has 1 aromatic carbocycles. The lowest BCUT2D eigenvalue weighted by molar-refractivity contribution is -0.131. The number of nitrogens with one attached hydrogen (secondary N) is 2. The monoisotopic (exact) mass is 329 g/mol. The van der Waals surface area contributed by atoms with Crippen LogP contribution < -0.4 is 15.4 Å². The van der Waals surface area contributed by atoms with Crippen LogP contribution in [0, 0.1) is 12.3 Å². The van der Waals surface area contributed by atoms with Gasteiger partial charge in [-0.3, -0.25) is 14.5 Å². The topological polar surface area (TPSA) is 70.7 Å². The first-order valence-corrected chi connectivity index (χ1v) is 7.94. The third-order valence-electron chi connectivity index (χ3n) is 4.22. The van der Waals surface area contributed by atoms with E-state index in [1.54, 1.807) is 14.2 Å². The molecule has 6 nitrogen and oxygen atoms in total. The molecule has 0 bridgehead atoms. The largest absolute Gasteiger partial charge is 0.497 e. The smallest absolute Gasteiger partial charge is 0.241 e. The molecule has 0 spiro atoms. The van der Waals surface area contributed by atoms with Crippen molar-refractivity contribution in [1.29, 1.82) is 0 Å². The van der Waals surface area contributed by atoms with Crippen LogP contribution in [0.4, 0.5) is 0 Å². The van der Waals surface area contributed by atoms with Crippen LogP contribution in [0.3, 0.4) is 0 Å². The van der Waals surface area contributed by atoms with E-state index in [1.165, 1.54) is 0 Å². The summed E-state index contributed by atoms with van der Waals surface area (Å²) in [7, 11) is 3.19. The minimum Gasteiger partial charge on any atom is -0.497 e. The van der Waals surface area contributed by atoms with E-state index in [0.29, 0.717) is 13.0 Å². The van der Waals surface area contributed by atoms with Gasteiger partial charge < -0.3 is 15.4 Å². The van der Waals surface area contributed by atoms with Crippen LogP contribution in [0.2, 0.25) is 0 Å². The summed E-state index contributed by atoms with van der Waals surface area (Å²) < 4.78 is 5.17. The number of nitrogens with zero attached hydrogens (tertiary/aromatic N) is 1. The second-order valence-electron chi connectivity index (χ2n) is 5.61. The number of hydrogen-bond donors (Lipinski definition) is 2. The highest BCUT2D eigenvalue weighted by Crippen LogP contribution is 2.30. The van der Waals surface area contributed by atoms with Crippen LogP contribution in [0.25, 0.3) is 0 Å². The molecular weight excluding hydrogens is 306 g/mol. The fourth-order valence-electron chi connectivity index (χ4n) is 3.05. The Balaban J connectivity index is 2.27. The van der Waals surface area contributed by atoms with Crippen LogP contribution in [0.15, 0.2) is 24.3 Å². The number of carbonyl (C=O) groups is 2. The lowest BCUT2D eigenvalue weighted by atomic mass is 10.0. The number of amides is 2. The Labute approximate surface area is 142 Å². The second-order valence-corrected chi connectivity index (χ2v) is 5.61. The minimum atomic E-state index is -0.523. The number of terminal acetylenes is 1. The molecule has 128 valence electrons. The maximum absolute atomic E-state index is 12.5. The summed E-state index contributed by atoms with van der Waals surface area (Å²) in [6.07, 6.45) is 6.77. The zero-order valence-electron chi connectivity index (χ0n) is 14.0. The predicted octanol–water partition coefficient (Wildman–Crippen LogP) is 0.696. The standard InChI is InChI=1S/C18H23N3O3/c1-4-11-20-17(22)15-6-5-12-21(15)16(18(23)19-2)13-7-9-14(24-3)10-8-13/h1,7-10,15-16H,5-6,11-12H2,2-3H3,(H,19,23)(H,20,22). The van der Waals surface area contributed by atoms with Gasteiger partial charge in [-0.1, -0.05) is 18.1 Å². The molecule has 1 aliphatic heterocycles. The number of likely N-dealkylation sites (N-methyl/N-ethyl adjacent to an activating group) is 1. The van der Waals surface area contributed by atoms with Gasteiger partial charge in [0.05, 0.1) is 19.7 Å². The van der Waals surface area contributed by atoms with Crippen molar-refractivity contribution in [2.75, 3.05) is 27.2 Å². The fraction of sp³-hybridized carbons (Fsp3) is 0.444. The van der Waals surface area contributed by atoms with Gasteiger partial charge in [-0.15, -0.1) is 6.42 Å². The Morgan fingerprint density at radius 2 is 2.12 bits per heavy atom. The Bertz CT molecular complexity index is 621. The third kappa shape index (κ3) is 3.87. The van der Waals surface area contributed by atoms with Gasteiger partial charge in [0.25, 0.3) is 0 Å². The average Bonchev–Trinajstić information content (AvgIpc) is 3.09. The molecule has 1 fully saturated rings. The van der Waals surface area contributed by atoms with Crippen molar-refractivity contribution in [1.82, 2.24) is 15.5 Å². The van der Waals surface area contributed by atoms with E-state index in [-0.39, 0.29) is 24.4 Å². The Hall–Kier alpha value is -2.52. The summed E-state index contributed by atoms with van der Waals surface area (Å²) >= 11 is 0. The van der Waals surface area contributed by atoms with Crippen molar-refractivity contribution in [3.8, 4) is 18.1 Å². The van der Waals surface area contributed by atoms with Crippen LogP contribution in [-0.4, -0.2) is 50.0 Å². The van der Waals surface area contributed by atoms with Gasteiger partial charge in [0.2, 0.25) is 11.8 Å². The van der Waals surface area contributed by atoms with E-state index in [1.807, 2.05) is 29.2 Å². The van der Waals surface area contributed by atoms with Gasteiger partial charge in [0.15, 0.2) is 0 Å². The van der Waals surface area contributed by atoms with Crippen LogP contribution >= 0.6 is 0 Å². The van der Waals surface area contributed by atoms with Gasteiger partial charge >= 0.3 is 0 Å². The zero-order valence-corrected chi connectivity index (χ0v) is 14.0. The number of methoxy groups -OCH3 is 1. The van der Waals surface area contributed by atoms with E-state index in [0.717, 1.165) is 17.7 Å². The molecular formula is C18H23N3O3. The molecule has 2 rings (SSSR count). The molecule has 1 saturated heterocycles. The summed E-state index contributed by atoms with van der Waals surface area (Å²) in [6, 6.07) is 6.46. The van der Waals surface area contributed by atoms with Crippen LogP contribution in [0.5, 0.6) is 5.75 Å². The third-order valence-corrected chi connectivity index (χ3v) is 4.22. The lowest BCUT2D eigenvalue weighted by Crippen LogP contribution is -2.48. The van der Waals surface area contributed by atoms with Crippen LogP contribution in [0.1, 0.15) is 24.4 Å². The number of ether oxygens (including phenoxy) is 1. The molecule has 2 unspecified atom stereocenters. The molecule has 0 radical (unpaired) electrons. The lowest BCUT2D eigenvalue weighted by Gasteiger charge is -2.31. The predicted molar refractivity (Wildman–Crippen MR) is 91.4 cm³/mol. The van der Waals surface area contributed by atoms with Gasteiger partial charge in [-0.05, 0) is 30.5 Å². The van der Waals surface area contributed by atoms with Gasteiger partial charge in [0, 0.05) is 13.6 Å². The Morgan fingerprint density at radius 1 is 1.42 bits per heavy atom. The van der Waals surface area contributed by atoms with E-state index >= 15 is 0 Å². The maximum Gasteiger partial charge on any atom is 0.241 e. The zero-order chi connectivity index (χ0) is 17.5. The highest BCUT2D eigenvalue weighted by atomic mass is 16.5. The molecule has 2 atom stereocenters. The van der Waals surface area contributed by atoms with E-state index in [4.69, 9.17) is 11.2 Å². The number of likely N-dealkylation sites (tertiary alicyclic amines) is 1. The summed E-state index contributed by atoms with van der Waals surface area (Å²) in [5.41, 5.74) is 0.826. The first kappa shape index (κ1) is 17.8. The summed E-state index contributed by atoms with van der Waals surface area (Å²) in [5, 5.41) is 5.41. The average molecular weight is 329 g/mol. The van der Waals surface area contributed by atoms with Crippen molar-refractivity contribution < 1.29 is 14.3 Å². The molecule has 0 aliphatic carbocycles. The van der Waals surface area contributed by atoms with Crippen molar-refractivity contribution in [2.24, 2.45) is 0 Å². The van der Waals surface area contributed by atoms with E-state index < -0.39 is 6.04 Å². The highest BCUT2D eigenvalue weighted by Gasteiger charge is 2.38. The normalized spacial score (nSPS) is 18.5. The molecule has 1 aliphatic rings. The number of hydrogen-bond acceptors (Lipinski definition) is 4. The minimum absolute atomic E-state index is 0.132. The Morgan fingerprint density at radius 3 is 2.71 bits per heavy atom. The van der Waals surface area contributed by atoms with Crippen LogP contribution in [-0.2, 0) is 9.59 Å². The number of rotatable bonds is 6. The first-order valence-electron chi connectivity index (χ1n) is 7.94. The van der Waals surface area contributed by atoms with E-state index in [9.17, 15) is 9.59 Å². The highest BCUT2D eigenvalue weighted by molar-refractivity contribution is 5.86. The Kier molecular flexibility index (Phi) is 6.21. The number of carbonyl (C=O) groups excluding carboxylic acids is 2. The summed E-state index contributed by atoms with van der Waals surface area (Å²) in [6.45, 7) is 0.870. The molecule has 0 saturated carbocycles. The number of benzene rings is 1. The molecule has 1 heterocycles. The molecule has 2 N–H and O–H groups in total. The van der Waals surface area contributed by atoms with Gasteiger partial charge in [0.1, 0.15) is 11.8 Å². The summed E-state index contributed by atoms with van der Waals surface area (Å²) in [5.74, 6) is 2.85. The molecule has 6 heteroatoms. The fourth-order valence-corrected chi connectivity index (χ4v) is 3.05. The molecule has 0 aromatic heterocycles. The molecule has 2 amide bonds. The summed E-state index contributed by atoms with van der Waals surface area (Å²) in [4.78, 5) is 26.8. The quantitative estimate of drug-likeness (QED) is 0.754. The second kappa shape index (κ2) is 8.37. The van der Waals surface area contributed by atoms with Crippen molar-refractivity contribution in [3.63, 3.8) is 0 Å². The van der Waals surface area contributed by atoms with E-state index in [2.05, 4.69) is 16.6 Å². The molecule has 24 heavy (non-hydrogen) atoms. The first-order chi connectivity index (χ1) is 11.6. The van der Waals surface area contributed by atoms with Gasteiger partial charge in [-0.25, -0.2) is 0 Å². The van der Waals surface area contributed by atoms with Crippen molar-refractivity contribution in [3.05, 3.63) is 29.8 Å². The maximum atomic E-state index is 12.5.